The van der Waals surface area contributed by atoms with Crippen LogP contribution in [0.5, 0.6) is 0 Å². The van der Waals surface area contributed by atoms with E-state index in [-0.39, 0.29) is 26.3 Å². The second-order valence-corrected chi connectivity index (χ2v) is 7.61. The highest BCUT2D eigenvalue weighted by atomic mass is 35.5. The molecule has 0 fully saturated rings. The van der Waals surface area contributed by atoms with Gasteiger partial charge in [-0.15, -0.1) is 0 Å². The summed E-state index contributed by atoms with van der Waals surface area (Å²) < 4.78 is 31.3. The van der Waals surface area contributed by atoms with Crippen molar-refractivity contribution in [1.29, 1.82) is 0 Å². The van der Waals surface area contributed by atoms with Crippen LogP contribution in [-0.2, 0) is 19.6 Å². The number of nitro benzene ring substituents is 1. The summed E-state index contributed by atoms with van der Waals surface area (Å²) in [4.78, 5) is 21.7. The van der Waals surface area contributed by atoms with E-state index in [1.165, 1.54) is 30.3 Å². The number of nitro groups is 1. The van der Waals surface area contributed by atoms with Crippen LogP contribution in [0.3, 0.4) is 0 Å². The number of carbonyl (C=O) groups excluding carboxylic acids is 1. The van der Waals surface area contributed by atoms with Gasteiger partial charge < -0.3 is 4.74 Å². The van der Waals surface area contributed by atoms with Crippen LogP contribution in [0.25, 0.3) is 0 Å². The largest absolute Gasteiger partial charge is 0.468 e. The molecular formula is C15H12Cl2N2O6S. The van der Waals surface area contributed by atoms with Gasteiger partial charge in [-0.1, -0.05) is 29.3 Å². The zero-order chi connectivity index (χ0) is 19.5. The number of sulfonamides is 1. The van der Waals surface area contributed by atoms with Crippen molar-refractivity contribution in [1.82, 2.24) is 0 Å². The number of ether oxygens (including phenoxy) is 1. The fourth-order valence-corrected chi connectivity index (χ4v) is 4.19. The SMILES string of the molecule is COC(=O)CN(c1cccc([N+](=O)[O-])c1)S(=O)(=O)c1cc(Cl)ccc1Cl. The quantitative estimate of drug-likeness (QED) is 0.404. The predicted molar refractivity (Wildman–Crippen MR) is 96.1 cm³/mol. The Bertz CT molecular complexity index is 964. The summed E-state index contributed by atoms with van der Waals surface area (Å²) in [5.41, 5.74) is -0.439. The smallest absolute Gasteiger partial charge is 0.326 e. The van der Waals surface area contributed by atoms with Gasteiger partial charge >= 0.3 is 5.97 Å². The van der Waals surface area contributed by atoms with Crippen molar-refractivity contribution in [2.45, 2.75) is 4.90 Å². The number of non-ortho nitro benzene ring substituents is 1. The standard InChI is InChI=1S/C15H12Cl2N2O6S/c1-25-15(20)9-18(11-3-2-4-12(8-11)19(21)22)26(23,24)14-7-10(16)5-6-13(14)17/h2-8H,9H2,1H3. The molecule has 0 unspecified atom stereocenters. The van der Waals surface area contributed by atoms with Crippen LogP contribution in [0.2, 0.25) is 10.0 Å². The lowest BCUT2D eigenvalue weighted by atomic mass is 10.3. The molecule has 138 valence electrons. The first-order valence-corrected chi connectivity index (χ1v) is 9.15. The maximum atomic E-state index is 13.0. The van der Waals surface area contributed by atoms with Crippen LogP contribution in [0.1, 0.15) is 0 Å². The lowest BCUT2D eigenvalue weighted by Gasteiger charge is -2.23. The number of rotatable bonds is 6. The van der Waals surface area contributed by atoms with Gasteiger partial charge in [-0.3, -0.25) is 19.2 Å². The van der Waals surface area contributed by atoms with Crippen molar-refractivity contribution in [2.24, 2.45) is 0 Å². The van der Waals surface area contributed by atoms with E-state index in [2.05, 4.69) is 4.74 Å². The summed E-state index contributed by atoms with van der Waals surface area (Å²) in [6, 6.07) is 8.65. The number of esters is 1. The van der Waals surface area contributed by atoms with E-state index >= 15 is 0 Å². The molecule has 11 heteroatoms. The molecule has 0 heterocycles. The fourth-order valence-electron chi connectivity index (χ4n) is 2.05. The van der Waals surface area contributed by atoms with Gasteiger partial charge in [0, 0.05) is 17.2 Å². The summed E-state index contributed by atoms with van der Waals surface area (Å²) in [6.07, 6.45) is 0. The van der Waals surface area contributed by atoms with Crippen molar-refractivity contribution in [2.75, 3.05) is 18.0 Å². The van der Waals surface area contributed by atoms with Gasteiger partial charge in [0.2, 0.25) is 0 Å². The summed E-state index contributed by atoms with van der Waals surface area (Å²) in [7, 11) is -3.27. The van der Waals surface area contributed by atoms with Gasteiger partial charge in [-0.05, 0) is 24.3 Å². The van der Waals surface area contributed by atoms with E-state index in [1.807, 2.05) is 0 Å². The lowest BCUT2D eigenvalue weighted by Crippen LogP contribution is -2.36. The number of halogens is 2. The Morgan fingerprint density at radius 3 is 2.54 bits per heavy atom. The second kappa shape index (κ2) is 7.90. The number of hydrogen-bond donors (Lipinski definition) is 0. The third kappa shape index (κ3) is 4.24. The van der Waals surface area contributed by atoms with Crippen molar-refractivity contribution in [3.8, 4) is 0 Å². The van der Waals surface area contributed by atoms with Crippen LogP contribution in [0.15, 0.2) is 47.4 Å². The van der Waals surface area contributed by atoms with Crippen molar-refractivity contribution >= 4 is 50.6 Å². The minimum Gasteiger partial charge on any atom is -0.468 e. The van der Waals surface area contributed by atoms with Gasteiger partial charge in [0.25, 0.3) is 15.7 Å². The molecule has 0 N–H and O–H groups in total. The molecular weight excluding hydrogens is 407 g/mol. The molecule has 0 aliphatic rings. The van der Waals surface area contributed by atoms with Gasteiger partial charge in [0.1, 0.15) is 11.4 Å². The summed E-state index contributed by atoms with van der Waals surface area (Å²) in [5, 5.41) is 11.0. The number of methoxy groups -OCH3 is 1. The van der Waals surface area contributed by atoms with Gasteiger partial charge in [0.05, 0.1) is 22.7 Å². The van der Waals surface area contributed by atoms with Crippen LogP contribution < -0.4 is 4.31 Å². The number of anilines is 1. The Morgan fingerprint density at radius 1 is 1.23 bits per heavy atom. The third-order valence-corrected chi connectivity index (χ3v) is 5.78. The molecule has 2 rings (SSSR count). The van der Waals surface area contributed by atoms with Gasteiger partial charge in [-0.2, -0.15) is 0 Å². The van der Waals surface area contributed by atoms with E-state index in [1.54, 1.807) is 0 Å². The third-order valence-electron chi connectivity index (χ3n) is 3.29. The minimum absolute atomic E-state index is 0.0966. The maximum absolute atomic E-state index is 13.0. The Labute approximate surface area is 159 Å². The fraction of sp³-hybridized carbons (Fsp3) is 0.133. The molecule has 26 heavy (non-hydrogen) atoms. The average Bonchev–Trinajstić information content (AvgIpc) is 2.61. The lowest BCUT2D eigenvalue weighted by molar-refractivity contribution is -0.384. The molecule has 8 nitrogen and oxygen atoms in total. The highest BCUT2D eigenvalue weighted by molar-refractivity contribution is 7.93. The minimum atomic E-state index is -4.36. The summed E-state index contributed by atoms with van der Waals surface area (Å²) in [5.74, 6) is -0.863. The molecule has 0 aliphatic carbocycles. The molecule has 0 spiro atoms. The average molecular weight is 419 g/mol. The number of nitrogens with zero attached hydrogens (tertiary/aromatic N) is 2. The molecule has 0 radical (unpaired) electrons. The van der Waals surface area contributed by atoms with Crippen LogP contribution in [0, 0.1) is 10.1 Å². The van der Waals surface area contributed by atoms with E-state index in [0.717, 1.165) is 19.2 Å². The van der Waals surface area contributed by atoms with Crippen LogP contribution >= 0.6 is 23.2 Å². The van der Waals surface area contributed by atoms with Crippen molar-refractivity contribution < 1.29 is 22.9 Å². The molecule has 0 atom stereocenters. The number of carbonyl (C=O) groups is 1. The number of hydrogen-bond acceptors (Lipinski definition) is 6. The molecule has 0 aromatic heterocycles. The van der Waals surface area contributed by atoms with E-state index in [0.29, 0.717) is 4.31 Å². The zero-order valence-electron chi connectivity index (χ0n) is 13.3. The normalized spacial score (nSPS) is 11.0. The summed E-state index contributed by atoms with van der Waals surface area (Å²) in [6.45, 7) is -0.706. The van der Waals surface area contributed by atoms with Crippen LogP contribution in [0.4, 0.5) is 11.4 Å². The Kier molecular flexibility index (Phi) is 6.06. The molecule has 0 amide bonds. The van der Waals surface area contributed by atoms with E-state index in [4.69, 9.17) is 23.2 Å². The molecule has 0 aliphatic heterocycles. The van der Waals surface area contributed by atoms with Crippen molar-refractivity contribution in [3.05, 3.63) is 62.6 Å². The highest BCUT2D eigenvalue weighted by Crippen LogP contribution is 2.31. The molecule has 0 bridgehead atoms. The predicted octanol–water partition coefficient (Wildman–Crippen LogP) is 3.27. The first-order valence-electron chi connectivity index (χ1n) is 6.96. The Balaban J connectivity index is 2.64. The van der Waals surface area contributed by atoms with E-state index < -0.39 is 27.5 Å². The molecule has 2 aromatic carbocycles. The highest BCUT2D eigenvalue weighted by Gasteiger charge is 2.30. The van der Waals surface area contributed by atoms with Gasteiger partial charge in [-0.25, -0.2) is 8.42 Å². The first-order chi connectivity index (χ1) is 12.2. The Hall–Kier alpha value is -2.36. The topological polar surface area (TPSA) is 107 Å². The molecule has 2 aromatic rings. The van der Waals surface area contributed by atoms with E-state index in [9.17, 15) is 23.3 Å². The zero-order valence-corrected chi connectivity index (χ0v) is 15.6. The van der Waals surface area contributed by atoms with Crippen molar-refractivity contribution in [3.63, 3.8) is 0 Å². The molecule has 0 saturated heterocycles. The molecule has 0 saturated carbocycles. The second-order valence-electron chi connectivity index (χ2n) is 4.94. The van der Waals surface area contributed by atoms with Crippen LogP contribution in [-0.4, -0.2) is 33.0 Å². The first kappa shape index (κ1) is 20.0. The Morgan fingerprint density at radius 2 is 1.92 bits per heavy atom. The number of benzene rings is 2. The van der Waals surface area contributed by atoms with Gasteiger partial charge in [0.15, 0.2) is 0 Å². The summed E-state index contributed by atoms with van der Waals surface area (Å²) >= 11 is 11.8. The monoisotopic (exact) mass is 418 g/mol. The maximum Gasteiger partial charge on any atom is 0.326 e.